The predicted octanol–water partition coefficient (Wildman–Crippen LogP) is 5.08. The molecule has 0 atom stereocenters. The van der Waals surface area contributed by atoms with Gasteiger partial charge in [0.25, 0.3) is 5.60 Å². The van der Waals surface area contributed by atoms with Crippen molar-refractivity contribution >= 4 is 23.5 Å². The Hall–Kier alpha value is -3.14. The third-order valence-corrected chi connectivity index (χ3v) is 5.35. The van der Waals surface area contributed by atoms with Crippen LogP contribution < -0.4 is 4.90 Å². The largest absolute Gasteiger partial charge is 0.430 e. The summed E-state index contributed by atoms with van der Waals surface area (Å²) < 4.78 is 78.4. The Morgan fingerprint density at radius 1 is 1.00 bits per heavy atom. The van der Waals surface area contributed by atoms with Gasteiger partial charge in [0, 0.05) is 17.7 Å². The van der Waals surface area contributed by atoms with Gasteiger partial charge in [-0.25, -0.2) is 0 Å². The van der Waals surface area contributed by atoms with Gasteiger partial charge in [-0.1, -0.05) is 36.4 Å². The first-order valence-electron chi connectivity index (χ1n) is 9.81. The molecule has 0 unspecified atom stereocenters. The predicted molar refractivity (Wildman–Crippen MR) is 108 cm³/mol. The van der Waals surface area contributed by atoms with E-state index in [9.17, 15) is 41.0 Å². The molecule has 176 valence electrons. The lowest BCUT2D eigenvalue weighted by Gasteiger charge is -2.33. The van der Waals surface area contributed by atoms with Crippen molar-refractivity contribution in [2.24, 2.45) is 0 Å². The first-order valence-corrected chi connectivity index (χ1v) is 9.81. The number of rotatable bonds is 5. The molecule has 0 spiro atoms. The van der Waals surface area contributed by atoms with Crippen LogP contribution in [0.1, 0.15) is 35.6 Å². The Bertz CT molecular complexity index is 1070. The molecule has 3 rings (SSSR count). The van der Waals surface area contributed by atoms with Gasteiger partial charge in [0.05, 0.1) is 6.54 Å². The molecule has 0 aliphatic carbocycles. The lowest BCUT2D eigenvalue weighted by Crippen LogP contribution is -2.53. The number of carbonyl (C=O) groups is 2. The van der Waals surface area contributed by atoms with Gasteiger partial charge < -0.3 is 10.0 Å². The number of benzene rings is 2. The summed E-state index contributed by atoms with van der Waals surface area (Å²) in [5.41, 5.74) is -3.94. The van der Waals surface area contributed by atoms with E-state index in [1.165, 1.54) is 17.9 Å². The fourth-order valence-electron chi connectivity index (χ4n) is 3.59. The summed E-state index contributed by atoms with van der Waals surface area (Å²) in [4.78, 5) is 25.0. The Morgan fingerprint density at radius 3 is 2.15 bits per heavy atom. The molecule has 0 fully saturated rings. The number of hydrogen-bond donors (Lipinski definition) is 1. The van der Waals surface area contributed by atoms with Crippen LogP contribution in [0, 0.1) is 0 Å². The van der Waals surface area contributed by atoms with Crippen molar-refractivity contribution in [2.75, 3.05) is 4.90 Å². The second-order valence-electron chi connectivity index (χ2n) is 7.71. The molecular formula is C23H19F6NO3. The summed E-state index contributed by atoms with van der Waals surface area (Å²) in [5, 5.41) is 9.50. The molecule has 1 aliphatic rings. The first kappa shape index (κ1) is 24.5. The van der Waals surface area contributed by atoms with Gasteiger partial charge in [0.1, 0.15) is 0 Å². The van der Waals surface area contributed by atoms with Crippen LogP contribution in [-0.2, 0) is 28.2 Å². The number of amides is 1. The highest BCUT2D eigenvalue weighted by Gasteiger charge is 2.71. The number of aliphatic hydroxyl groups is 1. The summed E-state index contributed by atoms with van der Waals surface area (Å²) in [5.74, 6) is -0.378. The standard InChI is InChI=1S/C23H19F6NO3/c1-14(31)2-3-15-6-10-19-17(12-15)7-11-20(32)30(19)13-16-4-8-18(9-5-16)21(33,22(24,25)26)23(27,28)29/h2-6,8-10,12,33H,7,11,13H2,1H3/b3-2+. The van der Waals surface area contributed by atoms with Crippen LogP contribution in [0.15, 0.2) is 48.5 Å². The number of nitrogens with zero attached hydrogens (tertiary/aromatic N) is 1. The van der Waals surface area contributed by atoms with Crippen LogP contribution in [0.4, 0.5) is 32.0 Å². The van der Waals surface area contributed by atoms with Crippen molar-refractivity contribution in [1.82, 2.24) is 0 Å². The van der Waals surface area contributed by atoms with E-state index >= 15 is 0 Å². The molecule has 0 saturated heterocycles. The number of aryl methyl sites for hydroxylation is 1. The number of anilines is 1. The fourth-order valence-corrected chi connectivity index (χ4v) is 3.59. The molecule has 0 aromatic heterocycles. The maximum Gasteiger partial charge on any atom is 0.430 e. The first-order chi connectivity index (χ1) is 15.2. The van der Waals surface area contributed by atoms with Crippen molar-refractivity contribution in [3.63, 3.8) is 0 Å². The zero-order valence-electron chi connectivity index (χ0n) is 17.3. The molecule has 2 aromatic carbocycles. The minimum atomic E-state index is -5.97. The highest BCUT2D eigenvalue weighted by molar-refractivity contribution is 5.97. The number of halogens is 6. The van der Waals surface area contributed by atoms with Gasteiger partial charge in [0.15, 0.2) is 5.78 Å². The zero-order valence-corrected chi connectivity index (χ0v) is 17.3. The van der Waals surface area contributed by atoms with Gasteiger partial charge in [-0.05, 0) is 48.2 Å². The Balaban J connectivity index is 1.89. The van der Waals surface area contributed by atoms with Crippen molar-refractivity contribution in [3.8, 4) is 0 Å². The van der Waals surface area contributed by atoms with E-state index in [0.29, 0.717) is 24.2 Å². The van der Waals surface area contributed by atoms with Crippen molar-refractivity contribution in [2.45, 2.75) is 44.3 Å². The quantitative estimate of drug-likeness (QED) is 0.489. The summed E-state index contributed by atoms with van der Waals surface area (Å²) in [6.45, 7) is 1.33. The summed E-state index contributed by atoms with van der Waals surface area (Å²) >= 11 is 0. The Morgan fingerprint density at radius 2 is 1.61 bits per heavy atom. The van der Waals surface area contributed by atoms with Gasteiger partial charge in [-0.2, -0.15) is 26.3 Å². The molecule has 1 heterocycles. The Labute approximate surface area is 185 Å². The molecule has 1 amide bonds. The van der Waals surface area contributed by atoms with E-state index in [1.807, 2.05) is 6.07 Å². The van der Waals surface area contributed by atoms with Crippen molar-refractivity contribution in [3.05, 3.63) is 70.8 Å². The minimum Gasteiger partial charge on any atom is -0.369 e. The van der Waals surface area contributed by atoms with Crippen LogP contribution >= 0.6 is 0 Å². The molecule has 1 N–H and O–H groups in total. The summed E-state index contributed by atoms with van der Waals surface area (Å²) in [6.07, 6.45) is -8.28. The minimum absolute atomic E-state index is 0.0782. The van der Waals surface area contributed by atoms with E-state index < -0.39 is 23.5 Å². The van der Waals surface area contributed by atoms with E-state index in [-0.39, 0.29) is 30.2 Å². The number of hydrogen-bond acceptors (Lipinski definition) is 3. The number of ketones is 1. The van der Waals surface area contributed by atoms with Gasteiger partial charge >= 0.3 is 12.4 Å². The van der Waals surface area contributed by atoms with Gasteiger partial charge in [-0.15, -0.1) is 0 Å². The highest BCUT2D eigenvalue weighted by Crippen LogP contribution is 2.50. The summed E-state index contributed by atoms with van der Waals surface area (Å²) in [6, 6.07) is 8.33. The van der Waals surface area contributed by atoms with E-state index in [2.05, 4.69) is 0 Å². The molecule has 1 aliphatic heterocycles. The van der Waals surface area contributed by atoms with Crippen LogP contribution in [-0.4, -0.2) is 29.1 Å². The van der Waals surface area contributed by atoms with Crippen molar-refractivity contribution < 1.29 is 41.0 Å². The maximum atomic E-state index is 13.1. The van der Waals surface area contributed by atoms with Crippen LogP contribution in [0.5, 0.6) is 0 Å². The summed E-state index contributed by atoms with van der Waals surface area (Å²) in [7, 11) is 0. The number of alkyl halides is 6. The molecular weight excluding hydrogens is 452 g/mol. The van der Waals surface area contributed by atoms with Crippen LogP contribution in [0.2, 0.25) is 0 Å². The fraction of sp³-hybridized carbons (Fsp3) is 0.304. The van der Waals surface area contributed by atoms with E-state index in [0.717, 1.165) is 23.3 Å². The molecule has 2 aromatic rings. The average molecular weight is 471 g/mol. The molecule has 0 radical (unpaired) electrons. The molecule has 4 nitrogen and oxygen atoms in total. The molecule has 10 heteroatoms. The smallest absolute Gasteiger partial charge is 0.369 e. The topological polar surface area (TPSA) is 57.6 Å². The monoisotopic (exact) mass is 471 g/mol. The van der Waals surface area contributed by atoms with Gasteiger partial charge in [-0.3, -0.25) is 9.59 Å². The molecule has 0 saturated carbocycles. The molecule has 0 bridgehead atoms. The zero-order chi connectivity index (χ0) is 24.6. The van der Waals surface area contributed by atoms with Crippen LogP contribution in [0.25, 0.3) is 6.08 Å². The number of fused-ring (bicyclic) bond motifs is 1. The van der Waals surface area contributed by atoms with Crippen LogP contribution in [0.3, 0.4) is 0 Å². The van der Waals surface area contributed by atoms with Gasteiger partial charge in [0.2, 0.25) is 5.91 Å². The lowest BCUT2D eigenvalue weighted by molar-refractivity contribution is -0.376. The number of carbonyl (C=O) groups excluding carboxylic acids is 2. The SMILES string of the molecule is CC(=O)/C=C/c1ccc2c(c1)CCC(=O)N2Cc1ccc(C(O)(C(F)(F)F)C(F)(F)F)cc1. The van der Waals surface area contributed by atoms with E-state index in [1.54, 1.807) is 18.2 Å². The maximum absolute atomic E-state index is 13.1. The average Bonchev–Trinajstić information content (AvgIpc) is 2.72. The third-order valence-electron chi connectivity index (χ3n) is 5.35. The van der Waals surface area contributed by atoms with E-state index in [4.69, 9.17) is 0 Å². The van der Waals surface area contributed by atoms with Crippen molar-refractivity contribution in [1.29, 1.82) is 0 Å². The lowest BCUT2D eigenvalue weighted by atomic mass is 9.91. The normalized spacial score (nSPS) is 15.2. The second-order valence-corrected chi connectivity index (χ2v) is 7.71. The Kier molecular flexibility index (Phi) is 6.43. The third kappa shape index (κ3) is 4.80. The highest BCUT2D eigenvalue weighted by atomic mass is 19.4. The second kappa shape index (κ2) is 8.66. The number of allylic oxidation sites excluding steroid dienone is 1. The molecule has 33 heavy (non-hydrogen) atoms.